The molecule has 0 aliphatic heterocycles. The first-order valence-electron chi connectivity index (χ1n) is 7.07. The second kappa shape index (κ2) is 9.07. The SMILES string of the molecule is COCCCOc1ccccc1NC(=O)NCc1cccs1. The Balaban J connectivity index is 1.84. The molecular weight excluding hydrogens is 300 g/mol. The number of hydrogen-bond donors (Lipinski definition) is 2. The zero-order valence-electron chi connectivity index (χ0n) is 12.5. The van der Waals surface area contributed by atoms with Crippen LogP contribution in [0.1, 0.15) is 11.3 Å². The van der Waals surface area contributed by atoms with Gasteiger partial charge in [-0.2, -0.15) is 0 Å². The van der Waals surface area contributed by atoms with Crippen LogP contribution in [0.4, 0.5) is 10.5 Å². The Kier molecular flexibility index (Phi) is 6.73. The highest BCUT2D eigenvalue weighted by molar-refractivity contribution is 7.09. The Morgan fingerprint density at radius 1 is 1.18 bits per heavy atom. The van der Waals surface area contributed by atoms with E-state index in [2.05, 4.69) is 10.6 Å². The van der Waals surface area contributed by atoms with E-state index >= 15 is 0 Å². The first-order chi connectivity index (χ1) is 10.8. The number of nitrogens with one attached hydrogen (secondary N) is 2. The monoisotopic (exact) mass is 320 g/mol. The van der Waals surface area contributed by atoms with Crippen molar-refractivity contribution in [1.29, 1.82) is 0 Å². The van der Waals surface area contributed by atoms with E-state index in [0.29, 0.717) is 31.2 Å². The number of urea groups is 1. The molecule has 2 amide bonds. The van der Waals surface area contributed by atoms with Crippen LogP contribution in [-0.4, -0.2) is 26.4 Å². The van der Waals surface area contributed by atoms with E-state index in [9.17, 15) is 4.79 Å². The quantitative estimate of drug-likeness (QED) is 0.732. The number of carbonyl (C=O) groups is 1. The summed E-state index contributed by atoms with van der Waals surface area (Å²) in [6, 6.07) is 11.1. The van der Waals surface area contributed by atoms with Crippen LogP contribution < -0.4 is 15.4 Å². The molecule has 1 heterocycles. The van der Waals surface area contributed by atoms with Gasteiger partial charge in [0, 0.05) is 25.0 Å². The Bertz CT molecular complexity index is 573. The normalized spacial score (nSPS) is 10.2. The summed E-state index contributed by atoms with van der Waals surface area (Å²) in [6.45, 7) is 1.71. The molecule has 1 aromatic carbocycles. The van der Waals surface area contributed by atoms with E-state index in [1.807, 2.05) is 41.8 Å². The molecule has 0 saturated carbocycles. The van der Waals surface area contributed by atoms with Crippen LogP contribution >= 0.6 is 11.3 Å². The number of rotatable bonds is 8. The number of benzene rings is 1. The summed E-state index contributed by atoms with van der Waals surface area (Å²) >= 11 is 1.61. The summed E-state index contributed by atoms with van der Waals surface area (Å²) in [5.41, 5.74) is 0.656. The molecule has 22 heavy (non-hydrogen) atoms. The van der Waals surface area contributed by atoms with Gasteiger partial charge in [0.2, 0.25) is 0 Å². The number of ether oxygens (including phenoxy) is 2. The summed E-state index contributed by atoms with van der Waals surface area (Å²) < 4.78 is 10.7. The molecule has 5 nitrogen and oxygen atoms in total. The third-order valence-corrected chi connectivity index (χ3v) is 3.77. The van der Waals surface area contributed by atoms with Crippen LogP contribution in [0.15, 0.2) is 41.8 Å². The lowest BCUT2D eigenvalue weighted by Crippen LogP contribution is -2.28. The van der Waals surface area contributed by atoms with E-state index in [0.717, 1.165) is 11.3 Å². The first kappa shape index (κ1) is 16.3. The minimum Gasteiger partial charge on any atom is -0.491 e. The average molecular weight is 320 g/mol. The largest absolute Gasteiger partial charge is 0.491 e. The number of hydrogen-bond acceptors (Lipinski definition) is 4. The van der Waals surface area contributed by atoms with Gasteiger partial charge in [-0.05, 0) is 23.6 Å². The lowest BCUT2D eigenvalue weighted by atomic mass is 10.3. The smallest absolute Gasteiger partial charge is 0.319 e. The summed E-state index contributed by atoms with van der Waals surface area (Å²) in [5.74, 6) is 0.657. The Morgan fingerprint density at radius 3 is 2.82 bits per heavy atom. The molecule has 0 fully saturated rings. The molecule has 0 unspecified atom stereocenters. The number of thiophene rings is 1. The molecule has 0 radical (unpaired) electrons. The van der Waals surface area contributed by atoms with Gasteiger partial charge in [-0.15, -0.1) is 11.3 Å². The third-order valence-electron chi connectivity index (χ3n) is 2.89. The summed E-state index contributed by atoms with van der Waals surface area (Å²) in [5, 5.41) is 7.62. The van der Waals surface area contributed by atoms with E-state index in [-0.39, 0.29) is 6.03 Å². The van der Waals surface area contributed by atoms with Crippen molar-refractivity contribution in [3.63, 3.8) is 0 Å². The zero-order valence-corrected chi connectivity index (χ0v) is 13.3. The van der Waals surface area contributed by atoms with Crippen LogP contribution in [0.25, 0.3) is 0 Å². The predicted molar refractivity (Wildman–Crippen MR) is 88.6 cm³/mol. The van der Waals surface area contributed by atoms with E-state index in [1.165, 1.54) is 0 Å². The maximum absolute atomic E-state index is 11.9. The Morgan fingerprint density at radius 2 is 2.05 bits per heavy atom. The molecule has 0 atom stereocenters. The van der Waals surface area contributed by atoms with E-state index in [1.54, 1.807) is 18.4 Å². The lowest BCUT2D eigenvalue weighted by Gasteiger charge is -2.12. The molecule has 118 valence electrons. The molecule has 6 heteroatoms. The van der Waals surface area contributed by atoms with Gasteiger partial charge in [0.25, 0.3) is 0 Å². The standard InChI is InChI=1S/C16H20N2O3S/c1-20-9-5-10-21-15-8-3-2-7-14(15)18-16(19)17-12-13-6-4-11-22-13/h2-4,6-8,11H,5,9-10,12H2,1H3,(H2,17,18,19). The minimum atomic E-state index is -0.249. The van der Waals surface area contributed by atoms with Crippen molar-refractivity contribution >= 4 is 23.1 Å². The van der Waals surface area contributed by atoms with Gasteiger partial charge in [0.1, 0.15) is 5.75 Å². The third kappa shape index (κ3) is 5.38. The predicted octanol–water partition coefficient (Wildman–Crippen LogP) is 3.49. The first-order valence-corrected chi connectivity index (χ1v) is 7.95. The number of amides is 2. The highest BCUT2D eigenvalue weighted by atomic mass is 32.1. The highest BCUT2D eigenvalue weighted by Crippen LogP contribution is 2.23. The number of carbonyl (C=O) groups excluding carboxylic acids is 1. The van der Waals surface area contributed by atoms with Crippen molar-refractivity contribution in [3.05, 3.63) is 46.7 Å². The molecule has 2 rings (SSSR count). The second-order valence-corrected chi connectivity index (χ2v) is 5.61. The fourth-order valence-corrected chi connectivity index (χ4v) is 2.47. The highest BCUT2D eigenvalue weighted by Gasteiger charge is 2.07. The topological polar surface area (TPSA) is 59.6 Å². The van der Waals surface area contributed by atoms with Gasteiger partial charge in [0.05, 0.1) is 18.8 Å². The van der Waals surface area contributed by atoms with Crippen molar-refractivity contribution < 1.29 is 14.3 Å². The van der Waals surface area contributed by atoms with Gasteiger partial charge in [0.15, 0.2) is 0 Å². The minimum absolute atomic E-state index is 0.249. The number of methoxy groups -OCH3 is 1. The van der Waals surface area contributed by atoms with Crippen molar-refractivity contribution in [2.45, 2.75) is 13.0 Å². The van der Waals surface area contributed by atoms with Crippen LogP contribution in [0, 0.1) is 0 Å². The van der Waals surface area contributed by atoms with Gasteiger partial charge in [-0.25, -0.2) is 4.79 Å². The van der Waals surface area contributed by atoms with Crippen LogP contribution in [0.5, 0.6) is 5.75 Å². The molecule has 0 spiro atoms. The van der Waals surface area contributed by atoms with Gasteiger partial charge in [-0.1, -0.05) is 18.2 Å². The summed E-state index contributed by atoms with van der Waals surface area (Å²) in [7, 11) is 1.66. The molecular formula is C16H20N2O3S. The maximum atomic E-state index is 11.9. The van der Waals surface area contributed by atoms with Crippen LogP contribution in [0.3, 0.4) is 0 Å². The Labute approximate surface area is 134 Å². The fraction of sp³-hybridized carbons (Fsp3) is 0.312. The van der Waals surface area contributed by atoms with Crippen LogP contribution in [-0.2, 0) is 11.3 Å². The zero-order chi connectivity index (χ0) is 15.6. The van der Waals surface area contributed by atoms with Crippen LogP contribution in [0.2, 0.25) is 0 Å². The van der Waals surface area contributed by atoms with Gasteiger partial charge in [-0.3, -0.25) is 0 Å². The van der Waals surface area contributed by atoms with Crippen molar-refractivity contribution in [3.8, 4) is 5.75 Å². The Hall–Kier alpha value is -2.05. The number of anilines is 1. The molecule has 0 bridgehead atoms. The molecule has 2 aromatic rings. The van der Waals surface area contributed by atoms with Crippen molar-refractivity contribution in [2.24, 2.45) is 0 Å². The van der Waals surface area contributed by atoms with E-state index < -0.39 is 0 Å². The number of para-hydroxylation sites is 2. The van der Waals surface area contributed by atoms with Crippen molar-refractivity contribution in [2.75, 3.05) is 25.6 Å². The van der Waals surface area contributed by atoms with Crippen molar-refractivity contribution in [1.82, 2.24) is 5.32 Å². The van der Waals surface area contributed by atoms with E-state index in [4.69, 9.17) is 9.47 Å². The molecule has 0 aliphatic carbocycles. The summed E-state index contributed by atoms with van der Waals surface area (Å²) in [4.78, 5) is 13.1. The summed E-state index contributed by atoms with van der Waals surface area (Å²) in [6.07, 6.45) is 0.801. The second-order valence-electron chi connectivity index (χ2n) is 4.58. The molecule has 0 aliphatic rings. The average Bonchev–Trinajstić information content (AvgIpc) is 3.04. The fourth-order valence-electron chi connectivity index (χ4n) is 1.83. The maximum Gasteiger partial charge on any atom is 0.319 e. The van der Waals surface area contributed by atoms with Gasteiger partial charge >= 0.3 is 6.03 Å². The lowest BCUT2D eigenvalue weighted by molar-refractivity contribution is 0.172. The molecule has 1 aromatic heterocycles. The molecule has 2 N–H and O–H groups in total. The molecule has 0 saturated heterocycles. The van der Waals surface area contributed by atoms with Gasteiger partial charge < -0.3 is 20.1 Å².